The number of nitrogens with zero attached hydrogens (tertiary/aromatic N) is 2. The lowest BCUT2D eigenvalue weighted by Gasteiger charge is -2.24. The predicted molar refractivity (Wildman–Crippen MR) is 100 cm³/mol. The van der Waals surface area contributed by atoms with Crippen molar-refractivity contribution in [2.45, 2.75) is 58.0 Å². The number of hydrogen-bond acceptors (Lipinski definition) is 4. The van der Waals surface area contributed by atoms with Gasteiger partial charge in [0.15, 0.2) is 0 Å². The zero-order valence-corrected chi connectivity index (χ0v) is 16.8. The summed E-state index contributed by atoms with van der Waals surface area (Å²) >= 11 is 0. The van der Waals surface area contributed by atoms with E-state index in [1.54, 1.807) is 26.0 Å². The Balaban J connectivity index is 2.43. The van der Waals surface area contributed by atoms with E-state index < -0.39 is 16.1 Å². The summed E-state index contributed by atoms with van der Waals surface area (Å²) in [5.41, 5.74) is 1.29. The second kappa shape index (κ2) is 7.75. The molecule has 0 saturated heterocycles. The van der Waals surface area contributed by atoms with E-state index in [1.807, 2.05) is 13.8 Å². The third-order valence-electron chi connectivity index (χ3n) is 4.45. The molecule has 144 valence electrons. The zero-order valence-electron chi connectivity index (χ0n) is 15.9. The number of nitrogens with one attached hydrogen (secondary N) is 1. The monoisotopic (exact) mass is 381 g/mol. The molecule has 2 amide bonds. The lowest BCUT2D eigenvalue weighted by atomic mass is 10.1. The Hall–Kier alpha value is -1.93. The van der Waals surface area contributed by atoms with E-state index in [1.165, 1.54) is 22.2 Å². The van der Waals surface area contributed by atoms with Gasteiger partial charge in [0.05, 0.1) is 4.90 Å². The van der Waals surface area contributed by atoms with Crippen LogP contribution in [0.15, 0.2) is 23.1 Å². The summed E-state index contributed by atoms with van der Waals surface area (Å²) < 4.78 is 26.9. The molecule has 7 nitrogen and oxygen atoms in total. The van der Waals surface area contributed by atoms with E-state index in [2.05, 4.69) is 5.32 Å². The number of fused-ring (bicyclic) bond motifs is 1. The summed E-state index contributed by atoms with van der Waals surface area (Å²) in [6.07, 6.45) is 0.301. The highest BCUT2D eigenvalue weighted by atomic mass is 32.2. The van der Waals surface area contributed by atoms with Crippen molar-refractivity contribution in [2.24, 2.45) is 0 Å². The van der Waals surface area contributed by atoms with Crippen molar-refractivity contribution in [2.75, 3.05) is 18.0 Å². The smallest absolute Gasteiger partial charge is 0.243 e. The lowest BCUT2D eigenvalue weighted by molar-refractivity contribution is -0.125. The number of hydrogen-bond donors (Lipinski definition) is 1. The van der Waals surface area contributed by atoms with Crippen molar-refractivity contribution in [3.05, 3.63) is 23.8 Å². The molecule has 0 aromatic heterocycles. The second-order valence-corrected chi connectivity index (χ2v) is 8.59. The molecule has 1 aromatic rings. The van der Waals surface area contributed by atoms with Crippen LogP contribution in [0.3, 0.4) is 0 Å². The minimum absolute atomic E-state index is 0.0429. The van der Waals surface area contributed by atoms with Gasteiger partial charge in [0.25, 0.3) is 0 Å². The van der Waals surface area contributed by atoms with Crippen LogP contribution in [0.25, 0.3) is 0 Å². The minimum atomic E-state index is -3.59. The summed E-state index contributed by atoms with van der Waals surface area (Å²) in [6, 6.07) is 4.01. The first-order chi connectivity index (χ1) is 12.1. The second-order valence-electron chi connectivity index (χ2n) is 6.65. The van der Waals surface area contributed by atoms with Gasteiger partial charge in [0, 0.05) is 38.2 Å². The number of anilines is 1. The molecule has 26 heavy (non-hydrogen) atoms. The number of sulfonamides is 1. The van der Waals surface area contributed by atoms with Crippen LogP contribution in [-0.2, 0) is 26.0 Å². The Morgan fingerprint density at radius 1 is 1.27 bits per heavy atom. The number of amides is 2. The van der Waals surface area contributed by atoms with Gasteiger partial charge >= 0.3 is 0 Å². The number of carbonyl (C=O) groups is 2. The van der Waals surface area contributed by atoms with Crippen molar-refractivity contribution in [3.8, 4) is 0 Å². The van der Waals surface area contributed by atoms with Crippen LogP contribution in [0.5, 0.6) is 0 Å². The fourth-order valence-corrected chi connectivity index (χ4v) is 4.79. The van der Waals surface area contributed by atoms with E-state index in [9.17, 15) is 18.0 Å². The van der Waals surface area contributed by atoms with Gasteiger partial charge in [-0.1, -0.05) is 13.8 Å². The Labute approximate surface area is 155 Å². The summed E-state index contributed by atoms with van der Waals surface area (Å²) in [5, 5.41) is 2.83. The standard InChI is InChI=1S/C18H27N3O4S/c1-6-20(7-2)26(24,25)15-8-9-16-14(10-15)11-17(21(16)13(5)22)18(23)19-12(3)4/h8-10,12,17H,6-7,11H2,1-5H3,(H,19,23)/t17-/m1/s1. The number of rotatable bonds is 6. The highest BCUT2D eigenvalue weighted by molar-refractivity contribution is 7.89. The maximum Gasteiger partial charge on any atom is 0.243 e. The van der Waals surface area contributed by atoms with Gasteiger partial charge in [-0.2, -0.15) is 4.31 Å². The van der Waals surface area contributed by atoms with Crippen LogP contribution >= 0.6 is 0 Å². The minimum Gasteiger partial charge on any atom is -0.352 e. The average Bonchev–Trinajstić information content (AvgIpc) is 2.94. The highest BCUT2D eigenvalue weighted by Crippen LogP contribution is 2.34. The van der Waals surface area contributed by atoms with E-state index in [4.69, 9.17) is 0 Å². The third kappa shape index (κ3) is 3.76. The SMILES string of the molecule is CCN(CC)S(=O)(=O)c1ccc2c(c1)C[C@H](C(=O)NC(C)C)N2C(C)=O. The van der Waals surface area contributed by atoms with Crippen LogP contribution in [-0.4, -0.2) is 49.7 Å². The molecule has 0 fully saturated rings. The molecular weight excluding hydrogens is 354 g/mol. The van der Waals surface area contributed by atoms with E-state index in [0.717, 1.165) is 0 Å². The van der Waals surface area contributed by atoms with Crippen LogP contribution < -0.4 is 10.2 Å². The number of benzene rings is 1. The van der Waals surface area contributed by atoms with Crippen LogP contribution in [0.4, 0.5) is 5.69 Å². The van der Waals surface area contributed by atoms with Crippen molar-refractivity contribution >= 4 is 27.5 Å². The maximum atomic E-state index is 12.7. The molecule has 0 unspecified atom stereocenters. The van der Waals surface area contributed by atoms with Crippen molar-refractivity contribution in [1.82, 2.24) is 9.62 Å². The normalized spacial score (nSPS) is 16.9. The molecule has 0 aliphatic carbocycles. The quantitative estimate of drug-likeness (QED) is 0.809. The molecule has 1 N–H and O–H groups in total. The molecular formula is C18H27N3O4S. The van der Waals surface area contributed by atoms with Gasteiger partial charge < -0.3 is 5.32 Å². The van der Waals surface area contributed by atoms with Gasteiger partial charge in [0.2, 0.25) is 21.8 Å². The fraction of sp³-hybridized carbons (Fsp3) is 0.556. The Kier molecular flexibility index (Phi) is 6.08. The third-order valence-corrected chi connectivity index (χ3v) is 6.50. The Bertz CT molecular complexity index is 801. The van der Waals surface area contributed by atoms with Crippen LogP contribution in [0, 0.1) is 0 Å². The zero-order chi connectivity index (χ0) is 19.6. The lowest BCUT2D eigenvalue weighted by Crippen LogP contribution is -2.49. The van der Waals surface area contributed by atoms with Crippen LogP contribution in [0.2, 0.25) is 0 Å². The van der Waals surface area contributed by atoms with Gasteiger partial charge in [-0.25, -0.2) is 8.42 Å². The van der Waals surface area contributed by atoms with E-state index >= 15 is 0 Å². The Morgan fingerprint density at radius 3 is 2.38 bits per heavy atom. The van der Waals surface area contributed by atoms with Crippen molar-refractivity contribution in [3.63, 3.8) is 0 Å². The molecule has 0 spiro atoms. The largest absolute Gasteiger partial charge is 0.352 e. The molecule has 1 aromatic carbocycles. The molecule has 0 radical (unpaired) electrons. The molecule has 1 aliphatic rings. The van der Waals surface area contributed by atoms with Crippen molar-refractivity contribution < 1.29 is 18.0 Å². The van der Waals surface area contributed by atoms with E-state index in [0.29, 0.717) is 30.8 Å². The fourth-order valence-electron chi connectivity index (χ4n) is 3.28. The van der Waals surface area contributed by atoms with Crippen LogP contribution in [0.1, 0.15) is 40.2 Å². The molecule has 1 atom stereocenters. The molecule has 8 heteroatoms. The predicted octanol–water partition coefficient (Wildman–Crippen LogP) is 1.52. The average molecular weight is 381 g/mol. The summed E-state index contributed by atoms with van der Waals surface area (Å²) in [6.45, 7) is 9.46. The van der Waals surface area contributed by atoms with Gasteiger partial charge in [0.1, 0.15) is 6.04 Å². The van der Waals surface area contributed by atoms with E-state index in [-0.39, 0.29) is 22.8 Å². The molecule has 0 saturated carbocycles. The van der Waals surface area contributed by atoms with Gasteiger partial charge in [-0.15, -0.1) is 0 Å². The molecule has 0 bridgehead atoms. The van der Waals surface area contributed by atoms with Gasteiger partial charge in [-0.05, 0) is 37.6 Å². The van der Waals surface area contributed by atoms with Crippen molar-refractivity contribution in [1.29, 1.82) is 0 Å². The number of carbonyl (C=O) groups excluding carboxylic acids is 2. The molecule has 2 rings (SSSR count). The van der Waals surface area contributed by atoms with Gasteiger partial charge in [-0.3, -0.25) is 14.5 Å². The summed E-state index contributed by atoms with van der Waals surface area (Å²) in [5.74, 6) is -0.480. The molecule has 1 aliphatic heterocycles. The highest BCUT2D eigenvalue weighted by Gasteiger charge is 2.38. The first kappa shape index (κ1) is 20.4. The maximum absolute atomic E-state index is 12.7. The Morgan fingerprint density at radius 2 is 1.88 bits per heavy atom. The summed E-state index contributed by atoms with van der Waals surface area (Å²) in [7, 11) is -3.59. The summed E-state index contributed by atoms with van der Waals surface area (Å²) in [4.78, 5) is 26.2. The molecule has 1 heterocycles. The first-order valence-electron chi connectivity index (χ1n) is 8.86. The topological polar surface area (TPSA) is 86.8 Å². The first-order valence-corrected chi connectivity index (χ1v) is 10.3.